The molecule has 1 amide bonds. The van der Waals surface area contributed by atoms with E-state index >= 15 is 0 Å². The van der Waals surface area contributed by atoms with Gasteiger partial charge in [-0.1, -0.05) is 66.9 Å². The summed E-state index contributed by atoms with van der Waals surface area (Å²) in [4.78, 5) is 25.4. The van der Waals surface area contributed by atoms with Crippen molar-refractivity contribution in [3.63, 3.8) is 0 Å². The first-order valence-electron chi connectivity index (χ1n) is 8.51. The molecular formula is C17H25ClNO5PS2. The van der Waals surface area contributed by atoms with Gasteiger partial charge in [0.25, 0.3) is 0 Å². The molecule has 0 aromatic heterocycles. The summed E-state index contributed by atoms with van der Waals surface area (Å²) in [6.45, 7) is 3.76. The summed E-state index contributed by atoms with van der Waals surface area (Å²) in [6, 6.07) is 7.90. The third-order valence-electron chi connectivity index (χ3n) is 3.46. The third kappa shape index (κ3) is 8.38. The van der Waals surface area contributed by atoms with Gasteiger partial charge >= 0.3 is 12.1 Å². The number of amides is 1. The molecule has 6 nitrogen and oxygen atoms in total. The van der Waals surface area contributed by atoms with Gasteiger partial charge in [-0.15, -0.1) is 11.6 Å². The van der Waals surface area contributed by atoms with E-state index in [1.165, 1.54) is 22.8 Å². The van der Waals surface area contributed by atoms with Gasteiger partial charge in [0.2, 0.25) is 5.55 Å². The van der Waals surface area contributed by atoms with Crippen molar-refractivity contribution in [3.8, 4) is 0 Å². The fourth-order valence-corrected chi connectivity index (χ4v) is 10.6. The molecule has 152 valence electrons. The fourth-order valence-electron chi connectivity index (χ4n) is 2.30. The van der Waals surface area contributed by atoms with Gasteiger partial charge < -0.3 is 9.84 Å². The maximum Gasteiger partial charge on any atom is 0.411 e. The van der Waals surface area contributed by atoms with Crippen molar-refractivity contribution in [2.75, 3.05) is 23.7 Å². The second kappa shape index (κ2) is 12.6. The van der Waals surface area contributed by atoms with Crippen molar-refractivity contribution in [2.24, 2.45) is 0 Å². The minimum Gasteiger partial charge on any atom is -0.480 e. The van der Waals surface area contributed by atoms with Crippen LogP contribution in [0.3, 0.4) is 0 Å². The van der Waals surface area contributed by atoms with Crippen LogP contribution in [-0.2, 0) is 20.7 Å². The average molecular weight is 454 g/mol. The van der Waals surface area contributed by atoms with Crippen LogP contribution in [0.25, 0.3) is 0 Å². The Balaban J connectivity index is 3.02. The second-order valence-electron chi connectivity index (χ2n) is 5.43. The summed E-state index contributed by atoms with van der Waals surface area (Å²) in [5.41, 5.74) is -2.11. The maximum atomic E-state index is 13.2. The standard InChI is InChI=1S/C17H25ClNO5PS2/c1-3-26-25(23,27-4-2)13-19(15(10-11-18)16(20)21)17(22)24-12-14-8-6-5-7-9-14/h5-9,15H,3-4,10-13H2,1-2H3,(H,20,21). The molecule has 1 rings (SSSR count). The molecule has 0 bridgehead atoms. The number of carbonyl (C=O) groups excluding carboxylic acids is 1. The minimum absolute atomic E-state index is 0.00945. The number of alkyl halides is 1. The SMILES string of the molecule is CCSP(=O)(CN(C(=O)OCc1ccccc1)C(CCCl)C(=O)O)SCC. The first-order chi connectivity index (χ1) is 12.9. The Morgan fingerprint density at radius 2 is 1.81 bits per heavy atom. The Labute approximate surface area is 173 Å². The molecule has 0 heterocycles. The van der Waals surface area contributed by atoms with Gasteiger partial charge in [-0.3, -0.25) is 9.46 Å². The number of benzene rings is 1. The number of nitrogens with zero attached hydrogens (tertiary/aromatic N) is 1. The molecule has 0 fully saturated rings. The van der Waals surface area contributed by atoms with E-state index < -0.39 is 23.7 Å². The van der Waals surface area contributed by atoms with Gasteiger partial charge in [-0.05, 0) is 23.5 Å². The van der Waals surface area contributed by atoms with Crippen molar-refractivity contribution >= 4 is 52.0 Å². The van der Waals surface area contributed by atoms with Gasteiger partial charge in [0, 0.05) is 5.88 Å². The lowest BCUT2D eigenvalue weighted by Crippen LogP contribution is -2.45. The molecule has 1 aromatic rings. The van der Waals surface area contributed by atoms with E-state index in [0.717, 1.165) is 10.5 Å². The topological polar surface area (TPSA) is 83.9 Å². The molecule has 0 saturated heterocycles. The number of hydrogen-bond donors (Lipinski definition) is 1. The molecule has 0 aliphatic heterocycles. The fraction of sp³-hybridized carbons (Fsp3) is 0.529. The first-order valence-corrected chi connectivity index (χ1v) is 14.1. The number of carboxylic acids is 1. The molecule has 0 aliphatic carbocycles. The first kappa shape index (κ1) is 24.2. The van der Waals surface area contributed by atoms with E-state index in [0.29, 0.717) is 11.5 Å². The number of rotatable bonds is 12. The molecule has 27 heavy (non-hydrogen) atoms. The van der Waals surface area contributed by atoms with Gasteiger partial charge in [0.05, 0.1) is 6.29 Å². The number of ether oxygens (including phenoxy) is 1. The molecule has 10 heteroatoms. The van der Waals surface area contributed by atoms with Crippen LogP contribution in [0.15, 0.2) is 30.3 Å². The number of carbonyl (C=O) groups is 2. The van der Waals surface area contributed by atoms with E-state index in [9.17, 15) is 19.3 Å². The Morgan fingerprint density at radius 1 is 1.22 bits per heavy atom. The van der Waals surface area contributed by atoms with Crippen molar-refractivity contribution in [2.45, 2.75) is 32.9 Å². The van der Waals surface area contributed by atoms with Crippen molar-refractivity contribution in [1.29, 1.82) is 0 Å². The monoisotopic (exact) mass is 453 g/mol. The van der Waals surface area contributed by atoms with Crippen LogP contribution in [0, 0.1) is 0 Å². The molecular weight excluding hydrogens is 429 g/mol. The quantitative estimate of drug-likeness (QED) is 0.336. The number of hydrogen-bond acceptors (Lipinski definition) is 6. The summed E-state index contributed by atoms with van der Waals surface area (Å²) in [5, 5.41) is 9.55. The van der Waals surface area contributed by atoms with Crippen LogP contribution in [0.4, 0.5) is 4.79 Å². The van der Waals surface area contributed by atoms with E-state index in [1.54, 1.807) is 12.1 Å². The molecule has 0 spiro atoms. The van der Waals surface area contributed by atoms with E-state index in [1.807, 2.05) is 32.0 Å². The summed E-state index contributed by atoms with van der Waals surface area (Å²) < 4.78 is 18.5. The van der Waals surface area contributed by atoms with Gasteiger partial charge in [-0.2, -0.15) is 0 Å². The maximum absolute atomic E-state index is 13.2. The van der Waals surface area contributed by atoms with Gasteiger partial charge in [-0.25, -0.2) is 9.59 Å². The highest BCUT2D eigenvalue weighted by molar-refractivity contribution is 8.90. The lowest BCUT2D eigenvalue weighted by molar-refractivity contribution is -0.142. The number of halogens is 1. The Morgan fingerprint density at radius 3 is 2.30 bits per heavy atom. The zero-order valence-electron chi connectivity index (χ0n) is 15.4. The Bertz CT molecular complexity index is 639. The molecule has 1 unspecified atom stereocenters. The van der Waals surface area contributed by atoms with Crippen LogP contribution in [0.2, 0.25) is 0 Å². The molecule has 0 aliphatic rings. The predicted molar refractivity (Wildman–Crippen MR) is 114 cm³/mol. The number of carboxylic acid groups (broad SMARTS) is 1. The highest BCUT2D eigenvalue weighted by Gasteiger charge is 2.36. The summed E-state index contributed by atoms with van der Waals surface area (Å²) in [7, 11) is 0. The zero-order chi connectivity index (χ0) is 20.3. The highest BCUT2D eigenvalue weighted by Crippen LogP contribution is 2.69. The van der Waals surface area contributed by atoms with Gasteiger partial charge in [0.15, 0.2) is 0 Å². The smallest absolute Gasteiger partial charge is 0.411 e. The van der Waals surface area contributed by atoms with Crippen molar-refractivity contribution in [1.82, 2.24) is 4.90 Å². The Hall–Kier alpha value is -0.820. The van der Waals surface area contributed by atoms with Crippen molar-refractivity contribution < 1.29 is 24.0 Å². The number of aliphatic carboxylic acids is 1. The normalized spacial score (nSPS) is 12.4. The Kier molecular flexibility index (Phi) is 11.3. The predicted octanol–water partition coefficient (Wildman–Crippen LogP) is 5.36. The summed E-state index contributed by atoms with van der Waals surface area (Å²) in [6.07, 6.45) is -0.929. The lowest BCUT2D eigenvalue weighted by atomic mass is 10.2. The summed E-state index contributed by atoms with van der Waals surface area (Å²) >= 11 is 8.24. The molecule has 0 saturated carbocycles. The van der Waals surface area contributed by atoms with Crippen LogP contribution >= 0.6 is 39.9 Å². The van der Waals surface area contributed by atoms with Crippen LogP contribution in [0.5, 0.6) is 0 Å². The molecule has 1 aromatic carbocycles. The van der Waals surface area contributed by atoms with Crippen molar-refractivity contribution in [3.05, 3.63) is 35.9 Å². The second-order valence-corrected chi connectivity index (χ2v) is 14.8. The molecule has 1 N–H and O–H groups in total. The van der Waals surface area contributed by atoms with Crippen LogP contribution < -0.4 is 0 Å². The molecule has 1 atom stereocenters. The van der Waals surface area contributed by atoms with Crippen LogP contribution in [-0.4, -0.2) is 51.8 Å². The summed E-state index contributed by atoms with van der Waals surface area (Å²) in [5.74, 6) is 0.0716. The molecule has 0 radical (unpaired) electrons. The largest absolute Gasteiger partial charge is 0.480 e. The van der Waals surface area contributed by atoms with Crippen LogP contribution in [0.1, 0.15) is 25.8 Å². The van der Waals surface area contributed by atoms with Gasteiger partial charge in [0.1, 0.15) is 12.6 Å². The lowest BCUT2D eigenvalue weighted by Gasteiger charge is -2.30. The minimum atomic E-state index is -2.89. The van der Waals surface area contributed by atoms with E-state index in [2.05, 4.69) is 0 Å². The third-order valence-corrected chi connectivity index (χ3v) is 12.1. The zero-order valence-corrected chi connectivity index (χ0v) is 18.7. The van der Waals surface area contributed by atoms with E-state index in [-0.39, 0.29) is 25.2 Å². The van der Waals surface area contributed by atoms with E-state index in [4.69, 9.17) is 16.3 Å². The average Bonchev–Trinajstić information content (AvgIpc) is 2.63. The highest BCUT2D eigenvalue weighted by atomic mass is 35.5.